The summed E-state index contributed by atoms with van der Waals surface area (Å²) in [5.74, 6) is 1.06. The molecule has 0 radical (unpaired) electrons. The summed E-state index contributed by atoms with van der Waals surface area (Å²) in [6.07, 6.45) is 0. The fourth-order valence-electron chi connectivity index (χ4n) is 1.78. The summed E-state index contributed by atoms with van der Waals surface area (Å²) < 4.78 is 2.15. The van der Waals surface area contributed by atoms with Crippen LogP contribution in [0.1, 0.15) is 17.0 Å². The molecule has 0 bridgehead atoms. The molecule has 1 heterocycles. The van der Waals surface area contributed by atoms with Gasteiger partial charge >= 0.3 is 0 Å². The number of nitrogens with zero attached hydrogens (tertiary/aromatic N) is 2. The monoisotopic (exact) mass is 200 g/mol. The van der Waals surface area contributed by atoms with Gasteiger partial charge in [0, 0.05) is 18.3 Å². The number of hydrogen-bond acceptors (Lipinski definition) is 1. The quantitative estimate of drug-likeness (QED) is 0.692. The molecule has 1 aromatic heterocycles. The molecular weight excluding hydrogens is 184 g/mol. The van der Waals surface area contributed by atoms with Crippen LogP contribution in [-0.4, -0.2) is 9.55 Å². The third kappa shape index (κ3) is 1.56. The van der Waals surface area contributed by atoms with Crippen LogP contribution in [0.25, 0.3) is 11.4 Å². The van der Waals surface area contributed by atoms with Crippen molar-refractivity contribution in [2.75, 3.05) is 0 Å². The molecule has 0 aliphatic carbocycles. The van der Waals surface area contributed by atoms with E-state index in [1.54, 1.807) is 0 Å². The Morgan fingerprint density at radius 2 is 1.73 bits per heavy atom. The van der Waals surface area contributed by atoms with Gasteiger partial charge in [0.25, 0.3) is 0 Å². The molecule has 2 heteroatoms. The predicted octanol–water partition coefficient (Wildman–Crippen LogP) is 3.01. The molecule has 1 aromatic carbocycles. The van der Waals surface area contributed by atoms with E-state index in [2.05, 4.69) is 61.6 Å². The molecule has 0 spiro atoms. The first-order chi connectivity index (χ1) is 7.11. The van der Waals surface area contributed by atoms with Crippen molar-refractivity contribution in [1.82, 2.24) is 9.55 Å². The minimum atomic E-state index is 1.06. The molecule has 0 fully saturated rings. The summed E-state index contributed by atoms with van der Waals surface area (Å²) in [6.45, 7) is 6.27. The second-order valence-corrected chi connectivity index (χ2v) is 3.98. The van der Waals surface area contributed by atoms with E-state index in [-0.39, 0.29) is 0 Å². The van der Waals surface area contributed by atoms with E-state index >= 15 is 0 Å². The second kappa shape index (κ2) is 3.54. The molecule has 2 aromatic rings. The van der Waals surface area contributed by atoms with Gasteiger partial charge < -0.3 is 4.57 Å². The van der Waals surface area contributed by atoms with Crippen molar-refractivity contribution in [3.8, 4) is 11.4 Å². The topological polar surface area (TPSA) is 17.8 Å². The molecule has 0 unspecified atom stereocenters. The highest BCUT2D eigenvalue weighted by Gasteiger charge is 2.10. The molecule has 0 aliphatic rings. The second-order valence-electron chi connectivity index (χ2n) is 3.98. The molecule has 0 saturated heterocycles. The van der Waals surface area contributed by atoms with Crippen molar-refractivity contribution in [1.29, 1.82) is 0 Å². The van der Waals surface area contributed by atoms with Gasteiger partial charge in [-0.1, -0.05) is 24.3 Å². The summed E-state index contributed by atoms with van der Waals surface area (Å²) >= 11 is 0. The Hall–Kier alpha value is -1.57. The highest BCUT2D eigenvalue weighted by Crippen LogP contribution is 2.23. The lowest BCUT2D eigenvalue weighted by atomic mass is 10.1. The summed E-state index contributed by atoms with van der Waals surface area (Å²) in [5, 5.41) is 0. The normalized spacial score (nSPS) is 10.7. The molecule has 0 N–H and O–H groups in total. The van der Waals surface area contributed by atoms with Crippen molar-refractivity contribution in [2.45, 2.75) is 20.8 Å². The van der Waals surface area contributed by atoms with E-state index in [4.69, 9.17) is 0 Å². The lowest BCUT2D eigenvalue weighted by Crippen LogP contribution is -1.96. The van der Waals surface area contributed by atoms with Gasteiger partial charge in [0.2, 0.25) is 0 Å². The zero-order valence-electron chi connectivity index (χ0n) is 9.70. The van der Waals surface area contributed by atoms with Crippen LogP contribution in [0.3, 0.4) is 0 Å². The van der Waals surface area contributed by atoms with Crippen molar-refractivity contribution in [2.24, 2.45) is 7.05 Å². The highest BCUT2D eigenvalue weighted by molar-refractivity contribution is 5.61. The van der Waals surface area contributed by atoms with Crippen molar-refractivity contribution in [3.05, 3.63) is 41.2 Å². The van der Waals surface area contributed by atoms with Crippen LogP contribution in [0.4, 0.5) is 0 Å². The fraction of sp³-hybridized carbons (Fsp3) is 0.308. The summed E-state index contributed by atoms with van der Waals surface area (Å²) in [5.41, 5.74) is 4.82. The zero-order valence-corrected chi connectivity index (χ0v) is 9.70. The van der Waals surface area contributed by atoms with Gasteiger partial charge in [-0.2, -0.15) is 0 Å². The maximum absolute atomic E-state index is 4.60. The van der Waals surface area contributed by atoms with Crippen LogP contribution in [0.2, 0.25) is 0 Å². The molecular formula is C13H16N2. The van der Waals surface area contributed by atoms with E-state index in [0.29, 0.717) is 0 Å². The average molecular weight is 200 g/mol. The summed E-state index contributed by atoms with van der Waals surface area (Å²) in [6, 6.07) is 8.36. The van der Waals surface area contributed by atoms with Gasteiger partial charge in [0.05, 0.1) is 5.69 Å². The minimum Gasteiger partial charge on any atom is -0.331 e. The molecule has 0 amide bonds. The maximum Gasteiger partial charge on any atom is 0.140 e. The Bertz CT molecular complexity index is 495. The third-order valence-corrected chi connectivity index (χ3v) is 3.00. The van der Waals surface area contributed by atoms with Gasteiger partial charge in [-0.3, -0.25) is 0 Å². The zero-order chi connectivity index (χ0) is 11.0. The molecule has 2 nitrogen and oxygen atoms in total. The smallest absolute Gasteiger partial charge is 0.140 e. The number of imidazole rings is 1. The lowest BCUT2D eigenvalue weighted by Gasteiger charge is -2.05. The SMILES string of the molecule is Cc1ccccc1-c1nc(C)c(C)n1C. The van der Waals surface area contributed by atoms with Crippen molar-refractivity contribution < 1.29 is 0 Å². The number of benzene rings is 1. The number of aromatic nitrogens is 2. The number of hydrogen-bond donors (Lipinski definition) is 0. The molecule has 0 atom stereocenters. The Morgan fingerprint density at radius 1 is 1.07 bits per heavy atom. The van der Waals surface area contributed by atoms with E-state index in [0.717, 1.165) is 11.5 Å². The Kier molecular flexibility index (Phi) is 2.35. The van der Waals surface area contributed by atoms with Crippen molar-refractivity contribution in [3.63, 3.8) is 0 Å². The van der Waals surface area contributed by atoms with E-state index in [1.807, 2.05) is 0 Å². The largest absolute Gasteiger partial charge is 0.331 e. The van der Waals surface area contributed by atoms with Crippen LogP contribution in [0.5, 0.6) is 0 Å². The molecule has 78 valence electrons. The van der Waals surface area contributed by atoms with E-state index in [9.17, 15) is 0 Å². The number of aryl methyl sites for hydroxylation is 2. The Morgan fingerprint density at radius 3 is 2.27 bits per heavy atom. The van der Waals surface area contributed by atoms with Crippen LogP contribution < -0.4 is 0 Å². The summed E-state index contributed by atoms with van der Waals surface area (Å²) in [7, 11) is 2.07. The molecule has 0 aliphatic heterocycles. The minimum absolute atomic E-state index is 1.06. The van der Waals surface area contributed by atoms with Crippen LogP contribution >= 0.6 is 0 Å². The third-order valence-electron chi connectivity index (χ3n) is 3.00. The van der Waals surface area contributed by atoms with Crippen LogP contribution in [-0.2, 0) is 7.05 Å². The maximum atomic E-state index is 4.60. The van der Waals surface area contributed by atoms with E-state index in [1.165, 1.54) is 16.8 Å². The van der Waals surface area contributed by atoms with Gasteiger partial charge in [0.15, 0.2) is 0 Å². The van der Waals surface area contributed by atoms with Gasteiger partial charge in [-0.05, 0) is 26.3 Å². The summed E-state index contributed by atoms with van der Waals surface area (Å²) in [4.78, 5) is 4.60. The first-order valence-corrected chi connectivity index (χ1v) is 5.17. The van der Waals surface area contributed by atoms with E-state index < -0.39 is 0 Å². The lowest BCUT2D eigenvalue weighted by molar-refractivity contribution is 0.880. The van der Waals surface area contributed by atoms with Crippen LogP contribution in [0.15, 0.2) is 24.3 Å². The fourth-order valence-corrected chi connectivity index (χ4v) is 1.78. The Labute approximate surface area is 90.6 Å². The number of rotatable bonds is 1. The molecule has 0 saturated carbocycles. The molecule has 2 rings (SSSR count). The van der Waals surface area contributed by atoms with Crippen molar-refractivity contribution >= 4 is 0 Å². The predicted molar refractivity (Wildman–Crippen MR) is 62.9 cm³/mol. The van der Waals surface area contributed by atoms with Crippen LogP contribution in [0, 0.1) is 20.8 Å². The first kappa shape index (κ1) is 9.97. The Balaban J connectivity index is 2.65. The highest BCUT2D eigenvalue weighted by atomic mass is 15.1. The van der Waals surface area contributed by atoms with Gasteiger partial charge in [-0.15, -0.1) is 0 Å². The standard InChI is InChI=1S/C13H16N2/c1-9-7-5-6-8-12(9)13-14-10(2)11(3)15(13)4/h5-8H,1-4H3. The van der Waals surface area contributed by atoms with Gasteiger partial charge in [-0.25, -0.2) is 4.98 Å². The first-order valence-electron chi connectivity index (χ1n) is 5.17. The van der Waals surface area contributed by atoms with Gasteiger partial charge in [0.1, 0.15) is 5.82 Å². The average Bonchev–Trinajstić information content (AvgIpc) is 2.47. The molecule has 15 heavy (non-hydrogen) atoms.